The van der Waals surface area contributed by atoms with Gasteiger partial charge in [0.25, 0.3) is 5.91 Å². The standard InChI is InChI=1S/C15H18N2O4/c1-11-2-4-12(5-3-11)13-10-14(21-16-13)15(20)17(6-8-18)7-9-19/h2-5,10,18-19H,6-9H2,1H3. The first-order chi connectivity index (χ1) is 10.2. The van der Waals surface area contributed by atoms with E-state index in [1.165, 1.54) is 4.90 Å². The molecule has 1 aromatic heterocycles. The summed E-state index contributed by atoms with van der Waals surface area (Å²) in [5, 5.41) is 21.8. The lowest BCUT2D eigenvalue weighted by Crippen LogP contribution is -2.35. The summed E-state index contributed by atoms with van der Waals surface area (Å²) >= 11 is 0. The van der Waals surface area contributed by atoms with E-state index in [-0.39, 0.29) is 32.1 Å². The Morgan fingerprint density at radius 3 is 2.38 bits per heavy atom. The average Bonchev–Trinajstić information content (AvgIpc) is 2.97. The van der Waals surface area contributed by atoms with Gasteiger partial charge >= 0.3 is 0 Å². The molecule has 1 aromatic carbocycles. The molecule has 0 fully saturated rings. The van der Waals surface area contributed by atoms with Gasteiger partial charge in [-0.3, -0.25) is 4.79 Å². The van der Waals surface area contributed by atoms with E-state index in [4.69, 9.17) is 14.7 Å². The van der Waals surface area contributed by atoms with Crippen LogP contribution in [0.2, 0.25) is 0 Å². The summed E-state index contributed by atoms with van der Waals surface area (Å²) in [6, 6.07) is 9.28. The molecule has 1 heterocycles. The molecule has 0 atom stereocenters. The molecule has 2 rings (SSSR count). The highest BCUT2D eigenvalue weighted by atomic mass is 16.5. The highest BCUT2D eigenvalue weighted by Crippen LogP contribution is 2.20. The third kappa shape index (κ3) is 3.68. The maximum Gasteiger partial charge on any atom is 0.292 e. The molecule has 0 saturated carbocycles. The zero-order valence-electron chi connectivity index (χ0n) is 11.8. The molecule has 0 aliphatic carbocycles. The Morgan fingerprint density at radius 1 is 1.19 bits per heavy atom. The summed E-state index contributed by atoms with van der Waals surface area (Å²) in [6.07, 6.45) is 0. The summed E-state index contributed by atoms with van der Waals surface area (Å²) in [5.74, 6) is -0.309. The number of aliphatic hydroxyl groups excluding tert-OH is 2. The molecule has 0 radical (unpaired) electrons. The van der Waals surface area contributed by atoms with Crippen LogP contribution in [0.3, 0.4) is 0 Å². The van der Waals surface area contributed by atoms with Crippen LogP contribution in [0.4, 0.5) is 0 Å². The fourth-order valence-electron chi connectivity index (χ4n) is 1.95. The zero-order valence-corrected chi connectivity index (χ0v) is 11.8. The minimum Gasteiger partial charge on any atom is -0.395 e. The molecule has 6 heteroatoms. The molecular weight excluding hydrogens is 272 g/mol. The Bertz CT molecular complexity index is 586. The van der Waals surface area contributed by atoms with Gasteiger partial charge < -0.3 is 19.6 Å². The molecule has 0 aliphatic rings. The van der Waals surface area contributed by atoms with Gasteiger partial charge in [0, 0.05) is 24.7 Å². The van der Waals surface area contributed by atoms with Crippen LogP contribution in [0.1, 0.15) is 16.1 Å². The van der Waals surface area contributed by atoms with E-state index in [0.29, 0.717) is 5.69 Å². The number of aromatic nitrogens is 1. The van der Waals surface area contributed by atoms with Gasteiger partial charge in [0.15, 0.2) is 0 Å². The predicted octanol–water partition coefficient (Wildman–Crippen LogP) is 1.08. The minimum atomic E-state index is -0.399. The number of amides is 1. The van der Waals surface area contributed by atoms with Crippen molar-refractivity contribution in [2.75, 3.05) is 26.3 Å². The van der Waals surface area contributed by atoms with Crippen molar-refractivity contribution in [1.29, 1.82) is 0 Å². The Hall–Kier alpha value is -2.18. The van der Waals surface area contributed by atoms with Gasteiger partial charge in [-0.1, -0.05) is 35.0 Å². The molecule has 1 amide bonds. The van der Waals surface area contributed by atoms with E-state index in [0.717, 1.165) is 11.1 Å². The van der Waals surface area contributed by atoms with Crippen molar-refractivity contribution in [2.24, 2.45) is 0 Å². The lowest BCUT2D eigenvalue weighted by molar-refractivity contribution is 0.0644. The van der Waals surface area contributed by atoms with Gasteiger partial charge in [0.1, 0.15) is 5.69 Å². The van der Waals surface area contributed by atoms with E-state index in [9.17, 15) is 4.79 Å². The molecule has 0 bridgehead atoms. The van der Waals surface area contributed by atoms with Crippen molar-refractivity contribution in [2.45, 2.75) is 6.92 Å². The van der Waals surface area contributed by atoms with E-state index in [2.05, 4.69) is 5.16 Å². The topological polar surface area (TPSA) is 86.8 Å². The van der Waals surface area contributed by atoms with Crippen LogP contribution in [0.25, 0.3) is 11.3 Å². The van der Waals surface area contributed by atoms with Crippen molar-refractivity contribution in [3.8, 4) is 11.3 Å². The Balaban J connectivity index is 2.18. The second kappa shape index (κ2) is 7.01. The smallest absolute Gasteiger partial charge is 0.292 e. The van der Waals surface area contributed by atoms with E-state index in [1.807, 2.05) is 31.2 Å². The number of carbonyl (C=O) groups excluding carboxylic acids is 1. The summed E-state index contributed by atoms with van der Waals surface area (Å²) < 4.78 is 5.08. The number of aryl methyl sites for hydroxylation is 1. The molecule has 2 N–H and O–H groups in total. The lowest BCUT2D eigenvalue weighted by atomic mass is 10.1. The maximum absolute atomic E-state index is 12.2. The maximum atomic E-state index is 12.2. The fraction of sp³-hybridized carbons (Fsp3) is 0.333. The first kappa shape index (κ1) is 15.2. The zero-order chi connectivity index (χ0) is 15.2. The van der Waals surface area contributed by atoms with Crippen LogP contribution in [0.15, 0.2) is 34.9 Å². The van der Waals surface area contributed by atoms with Crippen LogP contribution in [0.5, 0.6) is 0 Å². The summed E-state index contributed by atoms with van der Waals surface area (Å²) in [6.45, 7) is 1.92. The van der Waals surface area contributed by atoms with Crippen molar-refractivity contribution in [3.63, 3.8) is 0 Å². The molecule has 0 spiro atoms. The van der Waals surface area contributed by atoms with Gasteiger partial charge in [0.05, 0.1) is 13.2 Å². The number of rotatable bonds is 6. The van der Waals surface area contributed by atoms with Crippen molar-refractivity contribution in [3.05, 3.63) is 41.7 Å². The summed E-state index contributed by atoms with van der Waals surface area (Å²) in [7, 11) is 0. The van der Waals surface area contributed by atoms with Gasteiger partial charge in [0.2, 0.25) is 5.76 Å². The van der Waals surface area contributed by atoms with Crippen molar-refractivity contribution < 1.29 is 19.5 Å². The molecule has 2 aromatic rings. The number of benzene rings is 1. The molecule has 112 valence electrons. The van der Waals surface area contributed by atoms with Crippen LogP contribution in [-0.4, -0.2) is 52.5 Å². The van der Waals surface area contributed by atoms with Crippen LogP contribution >= 0.6 is 0 Å². The van der Waals surface area contributed by atoms with Crippen LogP contribution in [0, 0.1) is 6.92 Å². The van der Waals surface area contributed by atoms with Crippen LogP contribution < -0.4 is 0 Å². The Kier molecular flexibility index (Phi) is 5.08. The predicted molar refractivity (Wildman–Crippen MR) is 76.8 cm³/mol. The Labute approximate surface area is 122 Å². The van der Waals surface area contributed by atoms with Gasteiger partial charge in [-0.15, -0.1) is 0 Å². The molecule has 0 aliphatic heterocycles. The van der Waals surface area contributed by atoms with E-state index < -0.39 is 5.91 Å². The Morgan fingerprint density at radius 2 is 1.81 bits per heavy atom. The van der Waals surface area contributed by atoms with Crippen molar-refractivity contribution in [1.82, 2.24) is 10.1 Å². The molecule has 6 nitrogen and oxygen atoms in total. The van der Waals surface area contributed by atoms with Crippen molar-refractivity contribution >= 4 is 5.91 Å². The molecule has 0 saturated heterocycles. The van der Waals surface area contributed by atoms with E-state index >= 15 is 0 Å². The average molecular weight is 290 g/mol. The second-order valence-electron chi connectivity index (χ2n) is 4.68. The molecule has 21 heavy (non-hydrogen) atoms. The first-order valence-corrected chi connectivity index (χ1v) is 6.70. The fourth-order valence-corrected chi connectivity index (χ4v) is 1.95. The van der Waals surface area contributed by atoms with Gasteiger partial charge in [-0.05, 0) is 6.92 Å². The highest BCUT2D eigenvalue weighted by molar-refractivity contribution is 5.92. The SMILES string of the molecule is Cc1ccc(-c2cc(C(=O)N(CCO)CCO)on2)cc1. The number of nitrogens with zero attached hydrogens (tertiary/aromatic N) is 2. The number of hydrogen-bond acceptors (Lipinski definition) is 5. The number of carbonyl (C=O) groups is 1. The minimum absolute atomic E-state index is 0.0903. The first-order valence-electron chi connectivity index (χ1n) is 6.70. The monoisotopic (exact) mass is 290 g/mol. The molecular formula is C15H18N2O4. The van der Waals surface area contributed by atoms with Gasteiger partial charge in [-0.25, -0.2) is 0 Å². The molecule has 0 unspecified atom stereocenters. The van der Waals surface area contributed by atoms with E-state index in [1.54, 1.807) is 6.07 Å². The lowest BCUT2D eigenvalue weighted by Gasteiger charge is -2.18. The third-order valence-corrected chi connectivity index (χ3v) is 3.10. The normalized spacial score (nSPS) is 10.6. The highest BCUT2D eigenvalue weighted by Gasteiger charge is 2.20. The van der Waals surface area contributed by atoms with Gasteiger partial charge in [-0.2, -0.15) is 0 Å². The largest absolute Gasteiger partial charge is 0.395 e. The summed E-state index contributed by atoms with van der Waals surface area (Å²) in [5.41, 5.74) is 2.57. The summed E-state index contributed by atoms with van der Waals surface area (Å²) in [4.78, 5) is 13.5. The number of hydrogen-bond donors (Lipinski definition) is 2. The van der Waals surface area contributed by atoms with Crippen LogP contribution in [-0.2, 0) is 0 Å². The second-order valence-corrected chi connectivity index (χ2v) is 4.68. The quantitative estimate of drug-likeness (QED) is 0.831. The third-order valence-electron chi connectivity index (χ3n) is 3.10. The number of aliphatic hydroxyl groups is 2.